The number of benzene rings is 2. The second-order valence-electron chi connectivity index (χ2n) is 8.93. The molecule has 0 aliphatic carbocycles. The molecule has 2 aliphatic rings. The molecule has 176 valence electrons. The van der Waals surface area contributed by atoms with Gasteiger partial charge in [-0.15, -0.1) is 0 Å². The lowest BCUT2D eigenvalue weighted by Gasteiger charge is -2.34. The van der Waals surface area contributed by atoms with E-state index >= 15 is 0 Å². The highest BCUT2D eigenvalue weighted by molar-refractivity contribution is 5.95. The molecule has 0 spiro atoms. The number of carbonyl (C=O) groups excluding carboxylic acids is 2. The second kappa shape index (κ2) is 9.69. The molecule has 0 unspecified atom stereocenters. The Morgan fingerprint density at radius 3 is 2.41 bits per heavy atom. The van der Waals surface area contributed by atoms with Crippen molar-refractivity contribution in [3.63, 3.8) is 0 Å². The number of nitrogens with zero attached hydrogens (tertiary/aromatic N) is 4. The van der Waals surface area contributed by atoms with Gasteiger partial charge in [-0.1, -0.05) is 29.4 Å². The highest BCUT2D eigenvalue weighted by atomic mass is 16.5. The topological polar surface area (TPSA) is 81.9 Å². The van der Waals surface area contributed by atoms with Gasteiger partial charge in [0.2, 0.25) is 5.91 Å². The van der Waals surface area contributed by atoms with Gasteiger partial charge in [0.1, 0.15) is 5.76 Å². The average molecular weight is 460 g/mol. The maximum atomic E-state index is 13.0. The summed E-state index contributed by atoms with van der Waals surface area (Å²) in [6.07, 6.45) is 1.04. The van der Waals surface area contributed by atoms with Gasteiger partial charge in [0.15, 0.2) is 5.82 Å². The van der Waals surface area contributed by atoms with Gasteiger partial charge in [0.25, 0.3) is 5.91 Å². The first-order valence-corrected chi connectivity index (χ1v) is 11.7. The van der Waals surface area contributed by atoms with Crippen LogP contribution in [0.15, 0.2) is 59.1 Å². The van der Waals surface area contributed by atoms with E-state index in [-0.39, 0.29) is 18.4 Å². The van der Waals surface area contributed by atoms with Gasteiger partial charge < -0.3 is 19.6 Å². The summed E-state index contributed by atoms with van der Waals surface area (Å²) < 4.78 is 4.97. The predicted octanol–water partition coefficient (Wildman–Crippen LogP) is 2.94. The first-order valence-electron chi connectivity index (χ1n) is 11.7. The molecule has 8 heteroatoms. The number of fused-ring (bicyclic) bond motifs is 1. The molecule has 5 rings (SSSR count). The molecule has 1 saturated heterocycles. The summed E-state index contributed by atoms with van der Waals surface area (Å²) in [5.74, 6) is 0.979. The fraction of sp³-hybridized carbons (Fsp3) is 0.346. The van der Waals surface area contributed by atoms with Crippen LogP contribution in [0, 0.1) is 6.92 Å². The minimum Gasteiger partial charge on any atom is -0.367 e. The van der Waals surface area contributed by atoms with E-state index in [1.54, 1.807) is 13.0 Å². The molecule has 3 heterocycles. The summed E-state index contributed by atoms with van der Waals surface area (Å²) in [5.41, 5.74) is 4.64. The highest BCUT2D eigenvalue weighted by Gasteiger charge is 2.24. The SMILES string of the molecule is Cc1cc(NC(=O)CN2CCN(C(=O)c3ccc(N4CCc5ccccc5C4)cc3)CC2)no1. The van der Waals surface area contributed by atoms with E-state index in [1.807, 2.05) is 34.1 Å². The predicted molar refractivity (Wildman–Crippen MR) is 130 cm³/mol. The van der Waals surface area contributed by atoms with Gasteiger partial charge in [-0.2, -0.15) is 0 Å². The molecule has 2 aromatic carbocycles. The number of carbonyl (C=O) groups is 2. The first kappa shape index (κ1) is 22.2. The number of aromatic nitrogens is 1. The molecule has 3 aromatic rings. The zero-order valence-corrected chi connectivity index (χ0v) is 19.4. The molecule has 1 aromatic heterocycles. The Bertz CT molecular complexity index is 1170. The lowest BCUT2D eigenvalue weighted by Crippen LogP contribution is -2.50. The molecular formula is C26H29N5O3. The number of hydrogen-bond donors (Lipinski definition) is 1. The standard InChI is InChI=1S/C26H29N5O3/c1-19-16-24(28-34-19)27-25(32)18-29-12-14-30(15-13-29)26(33)21-6-8-23(9-7-21)31-11-10-20-4-2-3-5-22(20)17-31/h2-9,16H,10-15,17-18H2,1H3,(H,27,28,32). The third kappa shape index (κ3) is 4.97. The average Bonchev–Trinajstić information content (AvgIpc) is 3.28. The quantitative estimate of drug-likeness (QED) is 0.632. The zero-order chi connectivity index (χ0) is 23.5. The molecule has 0 saturated carbocycles. The molecule has 2 amide bonds. The van der Waals surface area contributed by atoms with E-state index < -0.39 is 0 Å². The molecule has 34 heavy (non-hydrogen) atoms. The van der Waals surface area contributed by atoms with Crippen LogP contribution < -0.4 is 10.2 Å². The van der Waals surface area contributed by atoms with Crippen molar-refractivity contribution in [3.05, 3.63) is 77.0 Å². The van der Waals surface area contributed by atoms with E-state index in [9.17, 15) is 9.59 Å². The van der Waals surface area contributed by atoms with Crippen molar-refractivity contribution in [2.45, 2.75) is 19.9 Å². The lowest BCUT2D eigenvalue weighted by atomic mass is 9.99. The monoisotopic (exact) mass is 459 g/mol. The Balaban J connectivity index is 1.12. The van der Waals surface area contributed by atoms with Crippen molar-refractivity contribution in [2.75, 3.05) is 49.5 Å². The normalized spacial score (nSPS) is 16.3. The molecule has 0 bridgehead atoms. The fourth-order valence-electron chi connectivity index (χ4n) is 4.63. The number of rotatable bonds is 5. The van der Waals surface area contributed by atoms with Gasteiger partial charge in [-0.3, -0.25) is 14.5 Å². The van der Waals surface area contributed by atoms with Crippen LogP contribution in [0.4, 0.5) is 11.5 Å². The van der Waals surface area contributed by atoms with Crippen molar-refractivity contribution >= 4 is 23.3 Å². The summed E-state index contributed by atoms with van der Waals surface area (Å²) >= 11 is 0. The van der Waals surface area contributed by atoms with Crippen molar-refractivity contribution in [2.24, 2.45) is 0 Å². The Kier molecular flexibility index (Phi) is 6.31. The van der Waals surface area contributed by atoms with Gasteiger partial charge in [0, 0.05) is 56.6 Å². The highest BCUT2D eigenvalue weighted by Crippen LogP contribution is 2.25. The molecule has 0 radical (unpaired) electrons. The minimum absolute atomic E-state index is 0.0395. The van der Waals surface area contributed by atoms with Crippen LogP contribution >= 0.6 is 0 Å². The number of piperazine rings is 1. The van der Waals surface area contributed by atoms with Gasteiger partial charge in [-0.25, -0.2) is 0 Å². The van der Waals surface area contributed by atoms with Crippen LogP contribution in [0.2, 0.25) is 0 Å². The summed E-state index contributed by atoms with van der Waals surface area (Å²) in [6.45, 7) is 6.43. The summed E-state index contributed by atoms with van der Waals surface area (Å²) in [7, 11) is 0. The lowest BCUT2D eigenvalue weighted by molar-refractivity contribution is -0.117. The third-order valence-electron chi connectivity index (χ3n) is 6.53. The van der Waals surface area contributed by atoms with Crippen LogP contribution in [0.5, 0.6) is 0 Å². The summed E-state index contributed by atoms with van der Waals surface area (Å²) in [6, 6.07) is 18.2. The fourth-order valence-corrected chi connectivity index (χ4v) is 4.63. The van der Waals surface area contributed by atoms with Crippen LogP contribution in [0.1, 0.15) is 27.2 Å². The molecule has 1 fully saturated rings. The second-order valence-corrected chi connectivity index (χ2v) is 8.93. The maximum Gasteiger partial charge on any atom is 0.253 e. The number of nitrogens with one attached hydrogen (secondary N) is 1. The molecular weight excluding hydrogens is 430 g/mol. The van der Waals surface area contributed by atoms with Gasteiger partial charge in [-0.05, 0) is 48.7 Å². The van der Waals surface area contributed by atoms with Crippen LogP contribution in [0.25, 0.3) is 0 Å². The van der Waals surface area contributed by atoms with Crippen molar-refractivity contribution in [3.8, 4) is 0 Å². The minimum atomic E-state index is -0.135. The first-order chi connectivity index (χ1) is 16.5. The van der Waals surface area contributed by atoms with Crippen LogP contribution in [-0.2, 0) is 17.8 Å². The molecule has 8 nitrogen and oxygen atoms in total. The molecule has 0 atom stereocenters. The van der Waals surface area contributed by atoms with Gasteiger partial charge in [0.05, 0.1) is 6.54 Å². The van der Waals surface area contributed by atoms with Crippen LogP contribution in [0.3, 0.4) is 0 Å². The number of aryl methyl sites for hydroxylation is 1. The van der Waals surface area contributed by atoms with Gasteiger partial charge >= 0.3 is 0 Å². The third-order valence-corrected chi connectivity index (χ3v) is 6.53. The Hall–Kier alpha value is -3.65. The van der Waals surface area contributed by atoms with E-state index in [1.165, 1.54) is 11.1 Å². The number of anilines is 2. The Morgan fingerprint density at radius 2 is 1.71 bits per heavy atom. The van der Waals surface area contributed by atoms with Crippen molar-refractivity contribution in [1.29, 1.82) is 0 Å². The smallest absolute Gasteiger partial charge is 0.253 e. The Morgan fingerprint density at radius 1 is 0.971 bits per heavy atom. The van der Waals surface area contributed by atoms with Crippen molar-refractivity contribution in [1.82, 2.24) is 15.0 Å². The molecule has 2 aliphatic heterocycles. The molecule has 1 N–H and O–H groups in total. The van der Waals surface area contributed by atoms with E-state index in [0.717, 1.165) is 25.2 Å². The van der Waals surface area contributed by atoms with E-state index in [4.69, 9.17) is 4.52 Å². The summed E-state index contributed by atoms with van der Waals surface area (Å²) in [5, 5.41) is 6.52. The van der Waals surface area contributed by atoms with Crippen LogP contribution in [-0.4, -0.2) is 66.0 Å². The zero-order valence-electron chi connectivity index (χ0n) is 19.4. The van der Waals surface area contributed by atoms with E-state index in [2.05, 4.69) is 39.6 Å². The van der Waals surface area contributed by atoms with Crippen molar-refractivity contribution < 1.29 is 14.1 Å². The largest absolute Gasteiger partial charge is 0.367 e. The maximum absolute atomic E-state index is 13.0. The summed E-state index contributed by atoms with van der Waals surface area (Å²) in [4.78, 5) is 31.5. The number of hydrogen-bond acceptors (Lipinski definition) is 6. The Labute approximate surface area is 199 Å². The van der Waals surface area contributed by atoms with E-state index in [0.29, 0.717) is 43.3 Å². The number of amides is 2.